The number of hydrogen-bond acceptors (Lipinski definition) is 3. The maximum atomic E-state index is 10.3. The van der Waals surface area contributed by atoms with Gasteiger partial charge in [-0.3, -0.25) is 0 Å². The molecule has 0 aromatic heterocycles. The van der Waals surface area contributed by atoms with E-state index < -0.39 is 27.5 Å². The van der Waals surface area contributed by atoms with Crippen LogP contribution in [-0.2, 0) is 13.7 Å². The first-order valence-corrected chi connectivity index (χ1v) is 7.04. The second-order valence-electron chi connectivity index (χ2n) is 1.81. The van der Waals surface area contributed by atoms with Crippen LogP contribution >= 0.6 is 23.2 Å². The molecule has 0 aliphatic heterocycles. The summed E-state index contributed by atoms with van der Waals surface area (Å²) in [6.45, 7) is 0. The van der Waals surface area contributed by atoms with Crippen molar-refractivity contribution in [2.45, 2.75) is 0 Å². The quantitative estimate of drug-likeness (QED) is 0.237. The van der Waals surface area contributed by atoms with E-state index in [9.17, 15) is 13.7 Å². The van der Waals surface area contributed by atoms with Crippen LogP contribution in [-0.4, -0.2) is 92.7 Å². The van der Waals surface area contributed by atoms with E-state index >= 15 is 0 Å². The molecule has 0 atom stereocenters. The van der Waals surface area contributed by atoms with Gasteiger partial charge in [0, 0.05) is 0 Å². The molecule has 0 aromatic rings. The van der Waals surface area contributed by atoms with Gasteiger partial charge in [-0.1, -0.05) is 0 Å². The predicted molar refractivity (Wildman–Crippen MR) is 52.3 cm³/mol. The van der Waals surface area contributed by atoms with Crippen molar-refractivity contribution in [1.82, 2.24) is 4.21 Å². The van der Waals surface area contributed by atoms with Gasteiger partial charge in [0.1, 0.15) is 0 Å². The Bertz CT molecular complexity index is 268. The first-order valence-electron chi connectivity index (χ1n) is 2.35. The fourth-order valence-electron chi connectivity index (χ4n) is 0.455. The zero-order valence-electron chi connectivity index (χ0n) is 5.70. The van der Waals surface area contributed by atoms with E-state index in [0.29, 0.717) is 0 Å². The van der Waals surface area contributed by atoms with Crippen molar-refractivity contribution >= 4 is 82.4 Å². The molecule has 0 aromatic carbocycles. The summed E-state index contributed by atoms with van der Waals surface area (Å²) in [6, 6.07) is 0. The van der Waals surface area contributed by atoms with Crippen molar-refractivity contribution in [3.63, 3.8) is 0 Å². The summed E-state index contributed by atoms with van der Waals surface area (Å²) >= 11 is 0. The van der Waals surface area contributed by atoms with Crippen molar-refractivity contribution in [2.75, 3.05) is 0 Å². The van der Waals surface area contributed by atoms with Gasteiger partial charge < -0.3 is 29.4 Å². The Morgan fingerprint density at radius 1 is 0.600 bits per heavy atom. The SMILES string of the molecule is O=P(O)(O)N(P(=O)(O)O)P(=O)(O)O.[NaH].[NaH]. The standard InChI is InChI=1S/H6NO9P3.2Na.2H/c2-11(3,4)1(12(5,6)7)13(8,9)10;;;;/h(H2,2,3,4)(H2,5,6,7)(H2,8,9,10);;;;. The van der Waals surface area contributed by atoms with Gasteiger partial charge in [-0.05, 0) is 4.21 Å². The van der Waals surface area contributed by atoms with Crippen molar-refractivity contribution < 1.29 is 43.1 Å². The molecule has 0 aliphatic carbocycles. The van der Waals surface area contributed by atoms with E-state index in [1.54, 1.807) is 0 Å². The van der Waals surface area contributed by atoms with Crippen LogP contribution in [0.1, 0.15) is 0 Å². The normalized spacial score (nSPS) is 13.0. The molecular formula is H8NNa2O9P3. The van der Waals surface area contributed by atoms with E-state index in [1.165, 1.54) is 0 Å². The molecule has 0 rings (SSSR count). The van der Waals surface area contributed by atoms with Gasteiger partial charge in [0.15, 0.2) is 0 Å². The Morgan fingerprint density at radius 2 is 0.733 bits per heavy atom. The molecule has 0 fully saturated rings. The molecule has 0 saturated carbocycles. The molecule has 0 spiro atoms. The molecule has 0 saturated heterocycles. The van der Waals surface area contributed by atoms with Crippen molar-refractivity contribution in [3.8, 4) is 0 Å². The fraction of sp³-hybridized carbons (Fsp3) is 0. The van der Waals surface area contributed by atoms with Crippen LogP contribution in [0.25, 0.3) is 0 Å². The molecule has 0 radical (unpaired) electrons. The zero-order chi connectivity index (χ0) is 11.1. The summed E-state index contributed by atoms with van der Waals surface area (Å²) in [5, 5.41) is 0. The average Bonchev–Trinajstić information content (AvgIpc) is 1.44. The maximum absolute atomic E-state index is 10.3. The van der Waals surface area contributed by atoms with Crippen molar-refractivity contribution in [2.24, 2.45) is 0 Å². The first kappa shape index (κ1) is 22.6. The fourth-order valence-corrected chi connectivity index (χ4v) is 4.10. The monoisotopic (exact) mass is 305 g/mol. The molecule has 0 amide bonds. The Morgan fingerprint density at radius 3 is 0.733 bits per heavy atom. The molecule has 15 heavy (non-hydrogen) atoms. The third kappa shape index (κ3) is 8.18. The molecular weight excluding hydrogens is 297 g/mol. The Kier molecular flexibility index (Phi) is 10.7. The average molecular weight is 305 g/mol. The second-order valence-corrected chi connectivity index (χ2v) is 7.03. The number of hydrogen-bond donors (Lipinski definition) is 6. The Balaban J connectivity index is -0.000000720. The van der Waals surface area contributed by atoms with Crippen LogP contribution < -0.4 is 0 Å². The summed E-state index contributed by atoms with van der Waals surface area (Å²) in [7, 11) is -17.1. The van der Waals surface area contributed by atoms with Crippen LogP contribution in [0.15, 0.2) is 0 Å². The van der Waals surface area contributed by atoms with Gasteiger partial charge in [-0.2, -0.15) is 0 Å². The van der Waals surface area contributed by atoms with Gasteiger partial charge in [0.2, 0.25) is 0 Å². The number of nitrogens with zero attached hydrogens (tertiary/aromatic N) is 1. The molecule has 84 valence electrons. The molecule has 6 N–H and O–H groups in total. The summed E-state index contributed by atoms with van der Waals surface area (Å²) in [5.41, 5.74) is 0. The first-order chi connectivity index (χ1) is 5.37. The second kappa shape index (κ2) is 7.11. The number of rotatable bonds is 3. The van der Waals surface area contributed by atoms with E-state index in [0.717, 1.165) is 0 Å². The molecule has 0 unspecified atom stereocenters. The summed E-state index contributed by atoms with van der Waals surface area (Å²) < 4.78 is 29.3. The summed E-state index contributed by atoms with van der Waals surface area (Å²) in [6.07, 6.45) is 0. The summed E-state index contributed by atoms with van der Waals surface area (Å²) in [4.78, 5) is 49.2. The van der Waals surface area contributed by atoms with Gasteiger partial charge in [-0.25, -0.2) is 13.7 Å². The summed E-state index contributed by atoms with van der Waals surface area (Å²) in [5.74, 6) is 0. The molecule has 0 heterocycles. The van der Waals surface area contributed by atoms with E-state index in [4.69, 9.17) is 29.4 Å². The molecule has 0 bridgehead atoms. The van der Waals surface area contributed by atoms with Crippen molar-refractivity contribution in [1.29, 1.82) is 0 Å². The van der Waals surface area contributed by atoms with E-state index in [-0.39, 0.29) is 59.1 Å². The van der Waals surface area contributed by atoms with Crippen molar-refractivity contribution in [3.05, 3.63) is 0 Å². The predicted octanol–water partition coefficient (Wildman–Crippen LogP) is -2.73. The Hall–Kier alpha value is 2.41. The third-order valence-corrected chi connectivity index (χ3v) is 6.29. The third-order valence-electron chi connectivity index (χ3n) is 0.699. The minimum absolute atomic E-state index is 0. The van der Waals surface area contributed by atoms with Gasteiger partial charge >= 0.3 is 82.4 Å². The van der Waals surface area contributed by atoms with Crippen LogP contribution in [0, 0.1) is 0 Å². The van der Waals surface area contributed by atoms with E-state index in [1.807, 2.05) is 0 Å². The minimum atomic E-state index is -5.71. The van der Waals surface area contributed by atoms with Gasteiger partial charge in [0.25, 0.3) is 0 Å². The van der Waals surface area contributed by atoms with Gasteiger partial charge in [0.05, 0.1) is 0 Å². The molecule has 10 nitrogen and oxygen atoms in total. The van der Waals surface area contributed by atoms with Crippen LogP contribution in [0.4, 0.5) is 0 Å². The van der Waals surface area contributed by atoms with E-state index in [2.05, 4.69) is 0 Å². The molecule has 0 aliphatic rings. The van der Waals surface area contributed by atoms with Crippen LogP contribution in [0.3, 0.4) is 0 Å². The van der Waals surface area contributed by atoms with Crippen LogP contribution in [0.2, 0.25) is 0 Å². The topological polar surface area (TPSA) is 176 Å². The molecule has 15 heteroatoms. The Labute approximate surface area is 128 Å². The van der Waals surface area contributed by atoms with Gasteiger partial charge in [-0.15, -0.1) is 0 Å². The van der Waals surface area contributed by atoms with Crippen LogP contribution in [0.5, 0.6) is 0 Å². The zero-order valence-corrected chi connectivity index (χ0v) is 8.38.